The van der Waals surface area contributed by atoms with Crippen LogP contribution in [-0.2, 0) is 24.2 Å². The van der Waals surface area contributed by atoms with Gasteiger partial charge in [-0.1, -0.05) is 39.0 Å². The first-order valence-corrected chi connectivity index (χ1v) is 12.8. The number of aromatic nitrogens is 1. The fraction of sp³-hybridized carbons (Fsp3) is 0.400. The van der Waals surface area contributed by atoms with Crippen molar-refractivity contribution in [3.05, 3.63) is 62.8 Å². The summed E-state index contributed by atoms with van der Waals surface area (Å²) in [5.41, 5.74) is 3.48. The average molecular weight is 486 g/mol. The molecule has 0 aliphatic rings. The first kappa shape index (κ1) is 24.9. The molecule has 2 aromatic heterocycles. The van der Waals surface area contributed by atoms with Crippen molar-refractivity contribution in [2.24, 2.45) is 5.41 Å². The lowest BCUT2D eigenvalue weighted by Gasteiger charge is -2.18. The molecule has 0 aliphatic carbocycles. The quantitative estimate of drug-likeness (QED) is 0.290. The molecule has 0 saturated heterocycles. The minimum Gasteiger partial charge on any atom is -0.481 e. The third kappa shape index (κ3) is 8.29. The molecule has 176 valence electrons. The predicted molar refractivity (Wildman–Crippen MR) is 137 cm³/mol. The number of aliphatic carboxylic acids is 1. The highest BCUT2D eigenvalue weighted by atomic mass is 32.1. The Balaban J connectivity index is 1.53. The maximum atomic E-state index is 12.6. The molecule has 0 unspecified atom stereocenters. The lowest BCUT2D eigenvalue weighted by Crippen LogP contribution is -2.10. The van der Waals surface area contributed by atoms with Crippen LogP contribution in [0.5, 0.6) is 0 Å². The number of carbonyl (C=O) groups is 2. The Bertz CT molecular complexity index is 1080. The van der Waals surface area contributed by atoms with E-state index in [4.69, 9.17) is 5.11 Å². The Morgan fingerprint density at radius 2 is 1.88 bits per heavy atom. The van der Waals surface area contributed by atoms with Crippen molar-refractivity contribution >= 4 is 45.4 Å². The predicted octanol–water partition coefficient (Wildman–Crippen LogP) is 6.46. The van der Waals surface area contributed by atoms with E-state index in [2.05, 4.69) is 54.6 Å². The number of thiazole rings is 1. The first-order chi connectivity index (χ1) is 15.7. The molecule has 6 nitrogen and oxygen atoms in total. The number of para-hydroxylation sites is 1. The normalized spacial score (nSPS) is 11.4. The number of carboxylic acids is 1. The van der Waals surface area contributed by atoms with Gasteiger partial charge in [-0.15, -0.1) is 22.7 Å². The Kier molecular flexibility index (Phi) is 8.63. The van der Waals surface area contributed by atoms with Crippen LogP contribution in [0.2, 0.25) is 0 Å². The molecule has 2 heterocycles. The molecule has 3 N–H and O–H groups in total. The number of anilines is 2. The van der Waals surface area contributed by atoms with E-state index < -0.39 is 5.97 Å². The molecule has 1 amide bonds. The molecule has 0 bridgehead atoms. The fourth-order valence-electron chi connectivity index (χ4n) is 3.37. The standard InChI is InChI=1S/C25H31N3O3S2/c1-25(2,3)14-6-8-17-7-4-5-9-20(17)26-15-19-11-12-21(33-19)23(31)28-24-27-18(16-32-24)10-13-22(29)30/h4-5,7,9,11-12,16,26H,6,8,10,13-15H2,1-3H3,(H,29,30)(H,27,28,31). The average Bonchev–Trinajstić information content (AvgIpc) is 3.40. The second kappa shape index (κ2) is 11.4. The molecule has 33 heavy (non-hydrogen) atoms. The van der Waals surface area contributed by atoms with Crippen LogP contribution in [0.1, 0.15) is 65.8 Å². The lowest BCUT2D eigenvalue weighted by molar-refractivity contribution is -0.136. The zero-order valence-corrected chi connectivity index (χ0v) is 20.9. The summed E-state index contributed by atoms with van der Waals surface area (Å²) >= 11 is 2.76. The third-order valence-electron chi connectivity index (χ3n) is 5.10. The lowest BCUT2D eigenvalue weighted by atomic mass is 9.89. The van der Waals surface area contributed by atoms with Gasteiger partial charge in [-0.25, -0.2) is 4.98 Å². The number of nitrogens with one attached hydrogen (secondary N) is 2. The van der Waals surface area contributed by atoms with E-state index in [1.165, 1.54) is 34.7 Å². The van der Waals surface area contributed by atoms with Crippen molar-refractivity contribution in [2.45, 2.75) is 59.4 Å². The van der Waals surface area contributed by atoms with Crippen molar-refractivity contribution < 1.29 is 14.7 Å². The molecular weight excluding hydrogens is 454 g/mol. The van der Waals surface area contributed by atoms with E-state index in [9.17, 15) is 9.59 Å². The van der Waals surface area contributed by atoms with Crippen LogP contribution in [0.15, 0.2) is 41.8 Å². The van der Waals surface area contributed by atoms with Crippen LogP contribution in [-0.4, -0.2) is 22.0 Å². The number of aryl methyl sites for hydroxylation is 2. The van der Waals surface area contributed by atoms with Gasteiger partial charge in [0.2, 0.25) is 0 Å². The second-order valence-corrected chi connectivity index (χ2v) is 11.2. The van der Waals surface area contributed by atoms with Crippen LogP contribution < -0.4 is 10.6 Å². The molecule has 0 atom stereocenters. The SMILES string of the molecule is CC(C)(C)CCCc1ccccc1NCc1ccc(C(=O)Nc2nc(CCC(=O)O)cs2)s1. The summed E-state index contributed by atoms with van der Waals surface area (Å²) in [5.74, 6) is -1.06. The van der Waals surface area contributed by atoms with Gasteiger partial charge in [-0.05, 0) is 48.4 Å². The van der Waals surface area contributed by atoms with E-state index in [-0.39, 0.29) is 12.3 Å². The van der Waals surface area contributed by atoms with Gasteiger partial charge in [-0.3, -0.25) is 14.9 Å². The van der Waals surface area contributed by atoms with Crippen LogP contribution in [0, 0.1) is 5.41 Å². The van der Waals surface area contributed by atoms with Crippen molar-refractivity contribution in [3.63, 3.8) is 0 Å². The zero-order valence-electron chi connectivity index (χ0n) is 19.3. The molecule has 0 spiro atoms. The van der Waals surface area contributed by atoms with Gasteiger partial charge >= 0.3 is 5.97 Å². The monoisotopic (exact) mass is 485 g/mol. The molecule has 8 heteroatoms. The zero-order chi connectivity index (χ0) is 23.8. The summed E-state index contributed by atoms with van der Waals surface area (Å²) in [7, 11) is 0. The number of thiophene rings is 1. The second-order valence-electron chi connectivity index (χ2n) is 9.18. The molecular formula is C25H31N3O3S2. The molecule has 0 aliphatic heterocycles. The van der Waals surface area contributed by atoms with Crippen molar-refractivity contribution in [1.29, 1.82) is 0 Å². The van der Waals surface area contributed by atoms with Gasteiger partial charge in [-0.2, -0.15) is 0 Å². The highest BCUT2D eigenvalue weighted by molar-refractivity contribution is 7.15. The highest BCUT2D eigenvalue weighted by Gasteiger charge is 2.13. The summed E-state index contributed by atoms with van der Waals surface area (Å²) in [6.07, 6.45) is 3.76. The van der Waals surface area contributed by atoms with E-state index in [1.54, 1.807) is 5.38 Å². The third-order valence-corrected chi connectivity index (χ3v) is 6.99. The van der Waals surface area contributed by atoms with Gasteiger partial charge in [0.25, 0.3) is 5.91 Å². The highest BCUT2D eigenvalue weighted by Crippen LogP contribution is 2.26. The van der Waals surface area contributed by atoms with Crippen LogP contribution >= 0.6 is 22.7 Å². The van der Waals surface area contributed by atoms with Crippen molar-refractivity contribution in [2.75, 3.05) is 10.6 Å². The van der Waals surface area contributed by atoms with E-state index in [0.717, 1.165) is 23.4 Å². The largest absolute Gasteiger partial charge is 0.481 e. The van der Waals surface area contributed by atoms with Crippen LogP contribution in [0.25, 0.3) is 0 Å². The molecule has 3 rings (SSSR count). The number of carbonyl (C=O) groups excluding carboxylic acids is 1. The number of nitrogens with zero attached hydrogens (tertiary/aromatic N) is 1. The number of amides is 1. The summed E-state index contributed by atoms with van der Waals surface area (Å²) in [6, 6.07) is 12.2. The number of benzene rings is 1. The Morgan fingerprint density at radius 3 is 2.64 bits per heavy atom. The first-order valence-electron chi connectivity index (χ1n) is 11.1. The van der Waals surface area contributed by atoms with E-state index in [1.807, 2.05) is 18.2 Å². The van der Waals surface area contributed by atoms with Gasteiger partial charge in [0, 0.05) is 28.9 Å². The summed E-state index contributed by atoms with van der Waals surface area (Å²) < 4.78 is 0. The smallest absolute Gasteiger partial charge is 0.303 e. The maximum Gasteiger partial charge on any atom is 0.303 e. The fourth-order valence-corrected chi connectivity index (χ4v) is 4.95. The van der Waals surface area contributed by atoms with Gasteiger partial charge in [0.05, 0.1) is 17.0 Å². The van der Waals surface area contributed by atoms with Gasteiger partial charge < -0.3 is 10.4 Å². The number of hydrogen-bond donors (Lipinski definition) is 3. The number of rotatable bonds is 11. The van der Waals surface area contributed by atoms with E-state index in [0.29, 0.717) is 34.1 Å². The summed E-state index contributed by atoms with van der Waals surface area (Å²) in [4.78, 5) is 29.3. The van der Waals surface area contributed by atoms with Crippen molar-refractivity contribution in [3.8, 4) is 0 Å². The number of hydrogen-bond acceptors (Lipinski definition) is 6. The van der Waals surface area contributed by atoms with Crippen LogP contribution in [0.3, 0.4) is 0 Å². The topological polar surface area (TPSA) is 91.3 Å². The van der Waals surface area contributed by atoms with Crippen LogP contribution in [0.4, 0.5) is 10.8 Å². The van der Waals surface area contributed by atoms with Gasteiger partial charge in [0.1, 0.15) is 0 Å². The summed E-state index contributed by atoms with van der Waals surface area (Å²) in [5, 5.41) is 17.4. The minimum absolute atomic E-state index is 0.0259. The molecule has 1 aromatic carbocycles. The summed E-state index contributed by atoms with van der Waals surface area (Å²) in [6.45, 7) is 7.47. The Morgan fingerprint density at radius 1 is 1.09 bits per heavy atom. The Labute approximate surface area is 203 Å². The molecule has 0 saturated carbocycles. The molecule has 0 fully saturated rings. The Hall–Kier alpha value is -2.71. The van der Waals surface area contributed by atoms with Crippen molar-refractivity contribution in [1.82, 2.24) is 4.98 Å². The molecule has 3 aromatic rings. The maximum absolute atomic E-state index is 12.6. The van der Waals surface area contributed by atoms with E-state index >= 15 is 0 Å². The number of carboxylic acid groups (broad SMARTS) is 1. The molecule has 0 radical (unpaired) electrons. The minimum atomic E-state index is -0.860. The van der Waals surface area contributed by atoms with Gasteiger partial charge in [0.15, 0.2) is 5.13 Å².